The number of nitrogens with zero attached hydrogens (tertiary/aromatic N) is 3. The van der Waals surface area contributed by atoms with Gasteiger partial charge in [-0.25, -0.2) is 4.98 Å². The van der Waals surface area contributed by atoms with E-state index in [4.69, 9.17) is 4.74 Å². The number of hydrogen-bond acceptors (Lipinski definition) is 3. The highest BCUT2D eigenvalue weighted by atomic mass is 127. The van der Waals surface area contributed by atoms with E-state index in [1.165, 1.54) is 3.57 Å². The molecule has 1 unspecified atom stereocenters. The molecule has 0 saturated carbocycles. The summed E-state index contributed by atoms with van der Waals surface area (Å²) in [4.78, 5) is 4.30. The largest absolute Gasteiger partial charge is 0.363 e. The summed E-state index contributed by atoms with van der Waals surface area (Å²) in [5.74, 6) is 0. The highest BCUT2D eigenvalue weighted by Gasteiger charge is 2.20. The van der Waals surface area contributed by atoms with Gasteiger partial charge in [-0.05, 0) is 76.0 Å². The highest BCUT2D eigenvalue weighted by molar-refractivity contribution is 14.1. The minimum Gasteiger partial charge on any atom is -0.363 e. The van der Waals surface area contributed by atoms with Gasteiger partial charge in [0.05, 0.1) is 36.5 Å². The molecule has 5 heteroatoms. The molecule has 0 aliphatic heterocycles. The van der Waals surface area contributed by atoms with Crippen LogP contribution in [0.2, 0.25) is 0 Å². The summed E-state index contributed by atoms with van der Waals surface area (Å²) in [6, 6.07) is 24.7. The molecule has 1 heterocycles. The predicted octanol–water partition coefficient (Wildman–Crippen LogP) is 6.18. The van der Waals surface area contributed by atoms with Crippen LogP contribution in [0, 0.1) is 21.8 Å². The molecule has 4 aromatic rings. The lowest BCUT2D eigenvalue weighted by molar-refractivity contribution is 0.0622. The van der Waals surface area contributed by atoms with Crippen LogP contribution in [0.1, 0.15) is 34.1 Å². The first-order valence-electron chi connectivity index (χ1n) is 9.99. The molecule has 0 N–H and O–H groups in total. The van der Waals surface area contributed by atoms with Crippen LogP contribution in [0.15, 0.2) is 79.3 Å². The molecule has 154 valence electrons. The second-order valence-electron chi connectivity index (χ2n) is 7.48. The summed E-state index contributed by atoms with van der Waals surface area (Å²) in [5, 5.41) is 9.71. The van der Waals surface area contributed by atoms with Crippen molar-refractivity contribution in [3.63, 3.8) is 0 Å². The maximum Gasteiger partial charge on any atom is 0.124 e. The Labute approximate surface area is 196 Å². The average molecular weight is 519 g/mol. The van der Waals surface area contributed by atoms with Gasteiger partial charge < -0.3 is 9.30 Å². The molecule has 4 rings (SSSR count). The van der Waals surface area contributed by atoms with Crippen LogP contribution in [0.3, 0.4) is 0 Å². The summed E-state index contributed by atoms with van der Waals surface area (Å²) >= 11 is 2.31. The minimum atomic E-state index is -0.305. The predicted molar refractivity (Wildman–Crippen MR) is 130 cm³/mol. The molecule has 0 radical (unpaired) electrons. The van der Waals surface area contributed by atoms with E-state index in [-0.39, 0.29) is 6.10 Å². The number of ether oxygens (including phenoxy) is 1. The highest BCUT2D eigenvalue weighted by Crippen LogP contribution is 2.33. The van der Waals surface area contributed by atoms with Gasteiger partial charge in [0.2, 0.25) is 0 Å². The molecule has 0 saturated heterocycles. The molecule has 0 fully saturated rings. The smallest absolute Gasteiger partial charge is 0.124 e. The van der Waals surface area contributed by atoms with Crippen LogP contribution in [-0.4, -0.2) is 9.55 Å². The van der Waals surface area contributed by atoms with Crippen LogP contribution in [0.5, 0.6) is 0 Å². The van der Waals surface area contributed by atoms with Crippen molar-refractivity contribution in [1.29, 1.82) is 5.26 Å². The maximum absolute atomic E-state index is 9.71. The summed E-state index contributed by atoms with van der Waals surface area (Å²) < 4.78 is 9.60. The Morgan fingerprint density at radius 2 is 1.90 bits per heavy atom. The number of aryl methyl sites for hydroxylation is 2. The summed E-state index contributed by atoms with van der Waals surface area (Å²) in [5.41, 5.74) is 6.84. The zero-order chi connectivity index (χ0) is 21.8. The fourth-order valence-electron chi connectivity index (χ4n) is 3.70. The molecule has 4 nitrogen and oxygen atoms in total. The second kappa shape index (κ2) is 9.46. The maximum atomic E-state index is 9.71. The summed E-state index contributed by atoms with van der Waals surface area (Å²) in [7, 11) is 1.97. The van der Waals surface area contributed by atoms with Crippen molar-refractivity contribution >= 4 is 22.6 Å². The molecule has 3 aromatic carbocycles. The van der Waals surface area contributed by atoms with Crippen molar-refractivity contribution in [2.24, 2.45) is 7.05 Å². The van der Waals surface area contributed by atoms with E-state index in [0.717, 1.165) is 33.5 Å². The zero-order valence-electron chi connectivity index (χ0n) is 17.4. The summed E-state index contributed by atoms with van der Waals surface area (Å²) in [6.45, 7) is 2.54. The van der Waals surface area contributed by atoms with Crippen LogP contribution < -0.4 is 0 Å². The molecule has 0 amide bonds. The topological polar surface area (TPSA) is 50.8 Å². The summed E-state index contributed by atoms with van der Waals surface area (Å²) in [6.07, 6.45) is 3.31. The number of halogens is 1. The monoisotopic (exact) mass is 519 g/mol. The Morgan fingerprint density at radius 1 is 1.06 bits per heavy atom. The van der Waals surface area contributed by atoms with Crippen LogP contribution >= 0.6 is 22.6 Å². The normalized spacial score (nSPS) is 11.8. The van der Waals surface area contributed by atoms with E-state index >= 15 is 0 Å². The number of rotatable bonds is 6. The van der Waals surface area contributed by atoms with Crippen molar-refractivity contribution in [1.82, 2.24) is 9.55 Å². The van der Waals surface area contributed by atoms with Gasteiger partial charge in [-0.3, -0.25) is 0 Å². The number of benzene rings is 3. The van der Waals surface area contributed by atoms with Gasteiger partial charge in [0.25, 0.3) is 0 Å². The van der Waals surface area contributed by atoms with Gasteiger partial charge in [0.1, 0.15) is 6.10 Å². The fraction of sp³-hybridized carbons (Fsp3) is 0.154. The van der Waals surface area contributed by atoms with Crippen molar-refractivity contribution < 1.29 is 4.74 Å². The molecule has 0 spiro atoms. The molecular formula is C26H22IN3O. The van der Waals surface area contributed by atoms with Gasteiger partial charge in [-0.15, -0.1) is 0 Å². The van der Waals surface area contributed by atoms with Crippen LogP contribution in [0.4, 0.5) is 0 Å². The quantitative estimate of drug-likeness (QED) is 0.286. The number of nitriles is 1. The molecule has 1 aromatic heterocycles. The lowest BCUT2D eigenvalue weighted by Crippen LogP contribution is -2.11. The Morgan fingerprint density at radius 3 is 2.61 bits per heavy atom. The zero-order valence-corrected chi connectivity index (χ0v) is 19.6. The Balaban J connectivity index is 1.76. The van der Waals surface area contributed by atoms with Gasteiger partial charge in [0.15, 0.2) is 0 Å². The van der Waals surface area contributed by atoms with Crippen LogP contribution in [0.25, 0.3) is 11.1 Å². The van der Waals surface area contributed by atoms with Crippen LogP contribution in [-0.2, 0) is 18.4 Å². The van der Waals surface area contributed by atoms with Gasteiger partial charge in [-0.2, -0.15) is 5.26 Å². The molecule has 31 heavy (non-hydrogen) atoms. The average Bonchev–Trinajstić information content (AvgIpc) is 3.20. The standard InChI is InChI=1S/C26H22IN3O/c1-18-6-3-4-9-23(18)24-13-20(10-11-21(24)14-28)26(25-15-29-17-30(25)2)31-16-19-7-5-8-22(27)12-19/h3-13,15,17,26H,16H2,1-2H3. The molecular weight excluding hydrogens is 497 g/mol. The molecule has 0 aliphatic carbocycles. The van der Waals surface area contributed by atoms with E-state index in [9.17, 15) is 5.26 Å². The van der Waals surface area contributed by atoms with E-state index in [2.05, 4.69) is 77.0 Å². The molecule has 0 aliphatic rings. The lowest BCUT2D eigenvalue weighted by atomic mass is 9.93. The Bertz CT molecular complexity index is 1260. The van der Waals surface area contributed by atoms with E-state index in [1.807, 2.05) is 48.1 Å². The number of hydrogen-bond donors (Lipinski definition) is 0. The molecule has 1 atom stereocenters. The fourth-order valence-corrected chi connectivity index (χ4v) is 4.31. The molecule has 0 bridgehead atoms. The van der Waals surface area contributed by atoms with E-state index in [1.54, 1.807) is 6.33 Å². The van der Waals surface area contributed by atoms with Gasteiger partial charge >= 0.3 is 0 Å². The first-order valence-corrected chi connectivity index (χ1v) is 11.1. The van der Waals surface area contributed by atoms with Crippen molar-refractivity contribution in [3.8, 4) is 17.2 Å². The minimum absolute atomic E-state index is 0.305. The first kappa shape index (κ1) is 21.3. The number of imidazole rings is 1. The third kappa shape index (κ3) is 4.71. The Hall–Kier alpha value is -2.95. The lowest BCUT2D eigenvalue weighted by Gasteiger charge is -2.21. The van der Waals surface area contributed by atoms with Crippen molar-refractivity contribution in [2.45, 2.75) is 19.6 Å². The Kier molecular flexibility index (Phi) is 6.50. The first-order chi connectivity index (χ1) is 15.1. The number of aromatic nitrogens is 2. The van der Waals surface area contributed by atoms with Crippen molar-refractivity contribution in [2.75, 3.05) is 0 Å². The second-order valence-corrected chi connectivity index (χ2v) is 8.73. The third-order valence-corrected chi connectivity index (χ3v) is 6.00. The van der Waals surface area contributed by atoms with Crippen molar-refractivity contribution in [3.05, 3.63) is 111 Å². The third-order valence-electron chi connectivity index (χ3n) is 5.33. The van der Waals surface area contributed by atoms with E-state index in [0.29, 0.717) is 12.2 Å². The SMILES string of the molecule is Cc1ccccc1-c1cc(C(OCc2cccc(I)c2)c2cncn2C)ccc1C#N. The van der Waals surface area contributed by atoms with E-state index < -0.39 is 0 Å². The van der Waals surface area contributed by atoms with Gasteiger partial charge in [0, 0.05) is 16.2 Å². The van der Waals surface area contributed by atoms with Gasteiger partial charge in [-0.1, -0.05) is 42.5 Å².